The highest BCUT2D eigenvalue weighted by Crippen LogP contribution is 2.35. The summed E-state index contributed by atoms with van der Waals surface area (Å²) in [5, 5.41) is 0. The molecule has 1 heterocycles. The number of rotatable bonds is 5. The van der Waals surface area contributed by atoms with Gasteiger partial charge in [-0.15, -0.1) is 12.4 Å². The van der Waals surface area contributed by atoms with Crippen LogP contribution < -0.4 is 0 Å². The van der Waals surface area contributed by atoms with Crippen LogP contribution in [0.25, 0.3) is 0 Å². The molecular formula is C18H25ClFNO. The molecule has 1 aromatic carbocycles. The molecule has 122 valence electrons. The van der Waals surface area contributed by atoms with Crippen LogP contribution in [0.2, 0.25) is 0 Å². The third-order valence-electron chi connectivity index (χ3n) is 5.10. The summed E-state index contributed by atoms with van der Waals surface area (Å²) in [6, 6.07) is 5.89. The summed E-state index contributed by atoms with van der Waals surface area (Å²) in [6.45, 7) is 3.49. The first-order chi connectivity index (χ1) is 10.2. The third-order valence-corrected chi connectivity index (χ3v) is 5.10. The van der Waals surface area contributed by atoms with Crippen LogP contribution in [0.3, 0.4) is 0 Å². The second-order valence-electron chi connectivity index (χ2n) is 6.60. The average Bonchev–Trinajstić information content (AvgIpc) is 2.90. The summed E-state index contributed by atoms with van der Waals surface area (Å²) in [6.07, 6.45) is 7.08. The van der Waals surface area contributed by atoms with Crippen molar-refractivity contribution >= 4 is 18.2 Å². The molecule has 0 bridgehead atoms. The molecule has 1 saturated heterocycles. The van der Waals surface area contributed by atoms with E-state index >= 15 is 0 Å². The molecule has 2 fully saturated rings. The third kappa shape index (κ3) is 4.30. The Morgan fingerprint density at radius 2 is 1.68 bits per heavy atom. The zero-order valence-electron chi connectivity index (χ0n) is 13.0. The van der Waals surface area contributed by atoms with Gasteiger partial charge in [-0.2, -0.15) is 0 Å². The van der Waals surface area contributed by atoms with E-state index in [-0.39, 0.29) is 24.0 Å². The van der Waals surface area contributed by atoms with Gasteiger partial charge in [-0.1, -0.05) is 12.8 Å². The summed E-state index contributed by atoms with van der Waals surface area (Å²) in [5.74, 6) is 1.66. The maximum absolute atomic E-state index is 12.8. The van der Waals surface area contributed by atoms with E-state index in [4.69, 9.17) is 0 Å². The monoisotopic (exact) mass is 325 g/mol. The molecule has 2 aliphatic rings. The molecule has 0 radical (unpaired) electrons. The molecule has 2 unspecified atom stereocenters. The molecule has 0 aromatic heterocycles. The summed E-state index contributed by atoms with van der Waals surface area (Å²) in [4.78, 5) is 14.6. The maximum Gasteiger partial charge on any atom is 0.162 e. The number of fused-ring (bicyclic) bond motifs is 1. The number of hydrogen-bond acceptors (Lipinski definition) is 2. The fourth-order valence-electron chi connectivity index (χ4n) is 3.93. The molecule has 1 aliphatic carbocycles. The Bertz CT molecular complexity index is 476. The SMILES string of the molecule is Cl.O=C(CCCN1CC2CCCCC2C1)c1ccc(F)cc1. The second-order valence-corrected chi connectivity index (χ2v) is 6.60. The largest absolute Gasteiger partial charge is 0.303 e. The van der Waals surface area contributed by atoms with Crippen molar-refractivity contribution < 1.29 is 9.18 Å². The van der Waals surface area contributed by atoms with E-state index in [9.17, 15) is 9.18 Å². The van der Waals surface area contributed by atoms with Crippen LogP contribution >= 0.6 is 12.4 Å². The van der Waals surface area contributed by atoms with Crippen molar-refractivity contribution in [2.24, 2.45) is 11.8 Å². The standard InChI is InChI=1S/C18H24FNO.ClH/c19-17-9-7-14(8-10-17)18(21)6-3-11-20-12-15-4-1-2-5-16(15)13-20;/h7-10,15-16H,1-6,11-13H2;1H. The minimum atomic E-state index is -0.286. The molecule has 4 heteroatoms. The Balaban J connectivity index is 0.00000176. The quantitative estimate of drug-likeness (QED) is 0.751. The van der Waals surface area contributed by atoms with Gasteiger partial charge in [-0.3, -0.25) is 4.79 Å². The van der Waals surface area contributed by atoms with E-state index in [0.29, 0.717) is 12.0 Å². The first-order valence-electron chi connectivity index (χ1n) is 8.23. The minimum Gasteiger partial charge on any atom is -0.303 e. The van der Waals surface area contributed by atoms with Crippen LogP contribution in [0, 0.1) is 17.7 Å². The van der Waals surface area contributed by atoms with Crippen molar-refractivity contribution in [1.82, 2.24) is 4.90 Å². The first-order valence-corrected chi connectivity index (χ1v) is 8.23. The maximum atomic E-state index is 12.8. The zero-order chi connectivity index (χ0) is 14.7. The van der Waals surface area contributed by atoms with E-state index in [0.717, 1.165) is 24.8 Å². The van der Waals surface area contributed by atoms with Crippen molar-refractivity contribution in [2.75, 3.05) is 19.6 Å². The van der Waals surface area contributed by atoms with Crippen LogP contribution in [0.1, 0.15) is 48.9 Å². The number of nitrogens with zero attached hydrogens (tertiary/aromatic N) is 1. The summed E-state index contributed by atoms with van der Waals surface area (Å²) in [7, 11) is 0. The molecule has 22 heavy (non-hydrogen) atoms. The van der Waals surface area contributed by atoms with Gasteiger partial charge in [0.25, 0.3) is 0 Å². The summed E-state index contributed by atoms with van der Waals surface area (Å²) < 4.78 is 12.8. The number of likely N-dealkylation sites (tertiary alicyclic amines) is 1. The number of Topliss-reactive ketones (excluding diaryl/α,β-unsaturated/α-hetero) is 1. The molecule has 2 atom stereocenters. The van der Waals surface area contributed by atoms with Gasteiger partial charge < -0.3 is 4.90 Å². The zero-order valence-corrected chi connectivity index (χ0v) is 13.8. The number of hydrogen-bond donors (Lipinski definition) is 0. The van der Waals surface area contributed by atoms with E-state index in [2.05, 4.69) is 4.90 Å². The highest BCUT2D eigenvalue weighted by molar-refractivity contribution is 5.95. The van der Waals surface area contributed by atoms with Crippen LogP contribution in [0.5, 0.6) is 0 Å². The molecule has 1 aromatic rings. The molecule has 0 N–H and O–H groups in total. The van der Waals surface area contributed by atoms with Crippen LogP contribution in [-0.2, 0) is 0 Å². The molecule has 3 rings (SSSR count). The van der Waals surface area contributed by atoms with Crippen molar-refractivity contribution in [3.05, 3.63) is 35.6 Å². The molecule has 0 spiro atoms. The van der Waals surface area contributed by atoms with Gasteiger partial charge in [-0.25, -0.2) is 4.39 Å². The normalized spacial score (nSPS) is 24.6. The fraction of sp³-hybridized carbons (Fsp3) is 0.611. The van der Waals surface area contributed by atoms with E-state index < -0.39 is 0 Å². The highest BCUT2D eigenvalue weighted by Gasteiger charge is 2.33. The van der Waals surface area contributed by atoms with Gasteiger partial charge in [0.05, 0.1) is 0 Å². The molecule has 1 aliphatic heterocycles. The second kappa shape index (κ2) is 8.07. The number of benzene rings is 1. The number of carbonyl (C=O) groups is 1. The van der Waals surface area contributed by atoms with Crippen molar-refractivity contribution in [3.63, 3.8) is 0 Å². The van der Waals surface area contributed by atoms with Crippen molar-refractivity contribution in [1.29, 1.82) is 0 Å². The first kappa shape index (κ1) is 17.4. The lowest BCUT2D eigenvalue weighted by Gasteiger charge is -2.23. The van der Waals surface area contributed by atoms with E-state index in [1.807, 2.05) is 0 Å². The van der Waals surface area contributed by atoms with Gasteiger partial charge in [0.15, 0.2) is 5.78 Å². The Kier molecular flexibility index (Phi) is 6.39. The van der Waals surface area contributed by atoms with Crippen molar-refractivity contribution in [2.45, 2.75) is 38.5 Å². The summed E-state index contributed by atoms with van der Waals surface area (Å²) >= 11 is 0. The van der Waals surface area contributed by atoms with Crippen LogP contribution in [0.4, 0.5) is 4.39 Å². The predicted molar refractivity (Wildman–Crippen MR) is 89.1 cm³/mol. The number of carbonyl (C=O) groups excluding carboxylic acids is 1. The van der Waals surface area contributed by atoms with Crippen molar-refractivity contribution in [3.8, 4) is 0 Å². The Morgan fingerprint density at radius 3 is 2.27 bits per heavy atom. The Hall–Kier alpha value is -0.930. The lowest BCUT2D eigenvalue weighted by Crippen LogP contribution is -2.22. The van der Waals surface area contributed by atoms with Crippen LogP contribution in [0.15, 0.2) is 24.3 Å². The number of ketones is 1. The molecule has 2 nitrogen and oxygen atoms in total. The minimum absolute atomic E-state index is 0. The fourth-order valence-corrected chi connectivity index (χ4v) is 3.93. The van der Waals surface area contributed by atoms with Gasteiger partial charge in [0.1, 0.15) is 5.82 Å². The summed E-state index contributed by atoms with van der Waals surface area (Å²) in [5.41, 5.74) is 0.631. The molecular weight excluding hydrogens is 301 g/mol. The lowest BCUT2D eigenvalue weighted by atomic mass is 9.82. The smallest absolute Gasteiger partial charge is 0.162 e. The molecule has 0 amide bonds. The van der Waals surface area contributed by atoms with E-state index in [1.54, 1.807) is 12.1 Å². The molecule has 1 saturated carbocycles. The highest BCUT2D eigenvalue weighted by atomic mass is 35.5. The Labute approximate surface area is 138 Å². The topological polar surface area (TPSA) is 20.3 Å². The van der Waals surface area contributed by atoms with Gasteiger partial charge in [0.2, 0.25) is 0 Å². The Morgan fingerprint density at radius 1 is 1.09 bits per heavy atom. The van der Waals surface area contributed by atoms with Gasteiger partial charge >= 0.3 is 0 Å². The van der Waals surface area contributed by atoms with E-state index in [1.165, 1.54) is 50.9 Å². The lowest BCUT2D eigenvalue weighted by molar-refractivity contribution is 0.0976. The average molecular weight is 326 g/mol. The van der Waals surface area contributed by atoms with Gasteiger partial charge in [0, 0.05) is 25.1 Å². The van der Waals surface area contributed by atoms with Crippen LogP contribution in [-0.4, -0.2) is 30.3 Å². The predicted octanol–water partition coefficient (Wildman–Crippen LogP) is 4.33. The number of halogens is 2. The van der Waals surface area contributed by atoms with Gasteiger partial charge in [-0.05, 0) is 61.9 Å².